The van der Waals surface area contributed by atoms with Crippen LogP contribution in [0.1, 0.15) is 32.8 Å². The Labute approximate surface area is 152 Å². The summed E-state index contributed by atoms with van der Waals surface area (Å²) in [6, 6.07) is 5.77. The lowest BCUT2D eigenvalue weighted by atomic mass is 10.1. The van der Waals surface area contributed by atoms with Crippen LogP contribution in [-0.2, 0) is 16.0 Å². The highest BCUT2D eigenvalue weighted by atomic mass is 32.1. The summed E-state index contributed by atoms with van der Waals surface area (Å²) < 4.78 is 0.968. The molecule has 25 heavy (non-hydrogen) atoms. The molecule has 2 amide bonds. The highest BCUT2D eigenvalue weighted by molar-refractivity contribution is 7.22. The second-order valence-corrected chi connectivity index (χ2v) is 6.94. The number of amides is 2. The number of rotatable bonds is 9. The predicted octanol–water partition coefficient (Wildman–Crippen LogP) is 2.65. The van der Waals surface area contributed by atoms with Crippen LogP contribution in [0.15, 0.2) is 18.2 Å². The normalized spacial score (nSPS) is 11.0. The molecule has 0 aliphatic heterocycles. The fraction of sp³-hybridized carbons (Fsp3) is 0.500. The average molecular weight is 362 g/mol. The molecule has 2 N–H and O–H groups in total. The number of fused-ring (bicyclic) bond motifs is 1. The number of carbonyl (C=O) groups excluding carboxylic acids is 2. The molecule has 7 heteroatoms. The fourth-order valence-electron chi connectivity index (χ4n) is 2.60. The van der Waals surface area contributed by atoms with E-state index in [0.29, 0.717) is 18.1 Å². The zero-order valence-electron chi connectivity index (χ0n) is 15.1. The minimum Gasteiger partial charge on any atom is -0.356 e. The summed E-state index contributed by atoms with van der Waals surface area (Å²) in [5, 5.41) is 6.26. The monoisotopic (exact) mass is 362 g/mol. The van der Waals surface area contributed by atoms with E-state index in [1.54, 1.807) is 0 Å². The Balaban J connectivity index is 1.85. The third-order valence-corrected chi connectivity index (χ3v) is 4.90. The van der Waals surface area contributed by atoms with Gasteiger partial charge in [0.2, 0.25) is 11.8 Å². The average Bonchev–Trinajstić information content (AvgIpc) is 2.95. The summed E-state index contributed by atoms with van der Waals surface area (Å²) >= 11 is 1.42. The smallest absolute Gasteiger partial charge is 0.224 e. The van der Waals surface area contributed by atoms with Gasteiger partial charge in [0.1, 0.15) is 0 Å². The zero-order chi connectivity index (χ0) is 18.2. The Morgan fingerprint density at radius 3 is 2.68 bits per heavy atom. The Kier molecular flexibility index (Phi) is 7.33. The van der Waals surface area contributed by atoms with Gasteiger partial charge in [-0.05, 0) is 43.8 Å². The summed E-state index contributed by atoms with van der Waals surface area (Å²) in [6.45, 7) is 9.54. The van der Waals surface area contributed by atoms with E-state index in [1.807, 2.05) is 18.2 Å². The molecule has 0 aliphatic rings. The third-order valence-electron chi connectivity index (χ3n) is 3.97. The summed E-state index contributed by atoms with van der Waals surface area (Å²) in [5.41, 5.74) is 1.78. The van der Waals surface area contributed by atoms with Gasteiger partial charge in [-0.2, -0.15) is 0 Å². The first kappa shape index (κ1) is 19.3. The van der Waals surface area contributed by atoms with Crippen LogP contribution in [0.3, 0.4) is 0 Å². The number of nitrogens with zero attached hydrogens (tertiary/aromatic N) is 2. The second-order valence-electron chi connectivity index (χ2n) is 5.91. The van der Waals surface area contributed by atoms with Crippen LogP contribution in [0.4, 0.5) is 5.13 Å². The van der Waals surface area contributed by atoms with Crippen molar-refractivity contribution in [3.8, 4) is 0 Å². The van der Waals surface area contributed by atoms with Crippen molar-refractivity contribution in [3.05, 3.63) is 23.8 Å². The molecule has 1 aromatic heterocycles. The molecule has 0 saturated carbocycles. The van der Waals surface area contributed by atoms with Gasteiger partial charge in [-0.3, -0.25) is 9.59 Å². The second kappa shape index (κ2) is 9.48. The van der Waals surface area contributed by atoms with Crippen molar-refractivity contribution in [2.75, 3.05) is 31.5 Å². The third kappa shape index (κ3) is 6.10. The quantitative estimate of drug-likeness (QED) is 0.673. The first-order valence-corrected chi connectivity index (χ1v) is 9.49. The van der Waals surface area contributed by atoms with E-state index in [-0.39, 0.29) is 11.8 Å². The van der Waals surface area contributed by atoms with Crippen molar-refractivity contribution in [2.45, 2.75) is 33.6 Å². The molecule has 0 spiro atoms. The number of thiazole rings is 1. The largest absolute Gasteiger partial charge is 0.356 e. The highest BCUT2D eigenvalue weighted by Gasteiger charge is 2.08. The standard InChI is InChI=1S/C18H26N4O2S/c1-4-22(5-2)10-6-9-19-17(24)12-14-7-8-15-16(11-14)25-18(21-15)20-13(3)23/h7-8,11H,4-6,9-10,12H2,1-3H3,(H,19,24)(H,20,21,23). The topological polar surface area (TPSA) is 74.3 Å². The molecule has 2 rings (SSSR count). The van der Waals surface area contributed by atoms with Crippen molar-refractivity contribution < 1.29 is 9.59 Å². The van der Waals surface area contributed by atoms with E-state index in [2.05, 4.69) is 34.4 Å². The molecular formula is C18H26N4O2S. The predicted molar refractivity (Wildman–Crippen MR) is 103 cm³/mol. The van der Waals surface area contributed by atoms with E-state index in [1.165, 1.54) is 18.3 Å². The van der Waals surface area contributed by atoms with Crippen molar-refractivity contribution in [2.24, 2.45) is 0 Å². The first-order chi connectivity index (χ1) is 12.0. The number of benzene rings is 1. The first-order valence-electron chi connectivity index (χ1n) is 8.68. The SMILES string of the molecule is CCN(CC)CCCNC(=O)Cc1ccc2nc(NC(C)=O)sc2c1. The van der Waals surface area contributed by atoms with Crippen LogP contribution in [0.25, 0.3) is 10.2 Å². The number of hydrogen-bond acceptors (Lipinski definition) is 5. The summed E-state index contributed by atoms with van der Waals surface area (Å²) in [4.78, 5) is 29.9. The molecule has 2 aromatic rings. The van der Waals surface area contributed by atoms with Crippen molar-refractivity contribution in [1.29, 1.82) is 0 Å². The van der Waals surface area contributed by atoms with Gasteiger partial charge < -0.3 is 15.5 Å². The number of carbonyl (C=O) groups is 2. The molecule has 0 aliphatic carbocycles. The molecule has 0 atom stereocenters. The Morgan fingerprint density at radius 1 is 1.24 bits per heavy atom. The number of nitrogens with one attached hydrogen (secondary N) is 2. The zero-order valence-corrected chi connectivity index (χ0v) is 15.9. The van der Waals surface area contributed by atoms with Gasteiger partial charge in [0.25, 0.3) is 0 Å². The van der Waals surface area contributed by atoms with Gasteiger partial charge in [0, 0.05) is 13.5 Å². The number of anilines is 1. The van der Waals surface area contributed by atoms with Crippen molar-refractivity contribution >= 4 is 38.5 Å². The van der Waals surface area contributed by atoms with E-state index in [9.17, 15) is 9.59 Å². The summed E-state index contributed by atoms with van der Waals surface area (Å²) in [6.07, 6.45) is 1.32. The Hall–Kier alpha value is -1.99. The van der Waals surface area contributed by atoms with Crippen LogP contribution in [0, 0.1) is 0 Å². The van der Waals surface area contributed by atoms with Crippen molar-refractivity contribution in [3.63, 3.8) is 0 Å². The van der Waals surface area contributed by atoms with Gasteiger partial charge in [0.05, 0.1) is 16.6 Å². The van der Waals surface area contributed by atoms with Crippen LogP contribution in [-0.4, -0.2) is 47.9 Å². The Morgan fingerprint density at radius 2 is 2.00 bits per heavy atom. The van der Waals surface area contributed by atoms with Gasteiger partial charge in [-0.15, -0.1) is 0 Å². The molecular weight excluding hydrogens is 336 g/mol. The van der Waals surface area contributed by atoms with Crippen LogP contribution in [0.2, 0.25) is 0 Å². The van der Waals surface area contributed by atoms with Crippen molar-refractivity contribution in [1.82, 2.24) is 15.2 Å². The maximum absolute atomic E-state index is 12.1. The lowest BCUT2D eigenvalue weighted by Gasteiger charge is -2.17. The van der Waals surface area contributed by atoms with Crippen LogP contribution in [0.5, 0.6) is 0 Å². The fourth-order valence-corrected chi connectivity index (χ4v) is 3.58. The number of aromatic nitrogens is 1. The Bertz CT molecular complexity index is 725. The molecule has 0 fully saturated rings. The van der Waals surface area contributed by atoms with Crippen LogP contribution < -0.4 is 10.6 Å². The number of hydrogen-bond donors (Lipinski definition) is 2. The minimum absolute atomic E-state index is 0.0329. The van der Waals surface area contributed by atoms with Gasteiger partial charge in [-0.25, -0.2) is 4.98 Å². The lowest BCUT2D eigenvalue weighted by Crippen LogP contribution is -2.30. The molecule has 0 bridgehead atoms. The molecule has 1 aromatic carbocycles. The molecule has 136 valence electrons. The summed E-state index contributed by atoms with van der Waals surface area (Å²) in [7, 11) is 0. The minimum atomic E-state index is -0.136. The van der Waals surface area contributed by atoms with Gasteiger partial charge >= 0.3 is 0 Å². The van der Waals surface area contributed by atoms with Gasteiger partial charge in [-0.1, -0.05) is 31.3 Å². The van der Waals surface area contributed by atoms with E-state index in [4.69, 9.17) is 0 Å². The van der Waals surface area contributed by atoms with Gasteiger partial charge in [0.15, 0.2) is 5.13 Å². The molecule has 1 heterocycles. The molecule has 6 nitrogen and oxygen atoms in total. The van der Waals surface area contributed by atoms with Crippen LogP contribution >= 0.6 is 11.3 Å². The summed E-state index contributed by atoms with van der Waals surface area (Å²) in [5.74, 6) is -0.103. The molecule has 0 unspecified atom stereocenters. The maximum Gasteiger partial charge on any atom is 0.224 e. The van der Waals surface area contributed by atoms with E-state index >= 15 is 0 Å². The van der Waals surface area contributed by atoms with E-state index in [0.717, 1.165) is 41.8 Å². The lowest BCUT2D eigenvalue weighted by molar-refractivity contribution is -0.120. The maximum atomic E-state index is 12.1. The van der Waals surface area contributed by atoms with E-state index < -0.39 is 0 Å². The molecule has 0 radical (unpaired) electrons. The molecule has 0 saturated heterocycles. The highest BCUT2D eigenvalue weighted by Crippen LogP contribution is 2.26.